The van der Waals surface area contributed by atoms with Gasteiger partial charge in [0.25, 0.3) is 0 Å². The summed E-state index contributed by atoms with van der Waals surface area (Å²) in [6.07, 6.45) is 0.757. The first-order valence-corrected chi connectivity index (χ1v) is 9.83. The molecule has 0 saturated carbocycles. The van der Waals surface area contributed by atoms with Crippen LogP contribution in [0.4, 0.5) is 0 Å². The van der Waals surface area contributed by atoms with E-state index >= 15 is 0 Å². The van der Waals surface area contributed by atoms with Crippen LogP contribution in [0.3, 0.4) is 0 Å². The van der Waals surface area contributed by atoms with Crippen molar-refractivity contribution in [2.24, 2.45) is 4.99 Å². The van der Waals surface area contributed by atoms with Gasteiger partial charge in [-0.25, -0.2) is 4.98 Å². The van der Waals surface area contributed by atoms with Crippen LogP contribution in [0.1, 0.15) is 11.4 Å². The Morgan fingerprint density at radius 3 is 2.42 bits per heavy atom. The predicted molar refractivity (Wildman–Crippen MR) is 134 cm³/mol. The molecule has 2 aromatic carbocycles. The molecule has 0 spiro atoms. The Labute approximate surface area is 203 Å². The van der Waals surface area contributed by atoms with E-state index in [2.05, 4.69) is 30.8 Å². The summed E-state index contributed by atoms with van der Waals surface area (Å²) in [4.78, 5) is 8.75. The van der Waals surface area contributed by atoms with Gasteiger partial charge in [-0.05, 0) is 48.4 Å². The molecule has 8 nitrogen and oxygen atoms in total. The molecule has 0 atom stereocenters. The quantitative estimate of drug-likeness (QED) is 0.223. The highest BCUT2D eigenvalue weighted by Gasteiger charge is 2.08. The standard InChI is InChI=1S/C21H25ClN6O2.HI/c1-23-21(24-11-10-14-4-9-17(30-3)12-18(14)22)25-13-19-26-20(28-27-19)15-5-7-16(29-2)8-6-15;/h4-9,12H,10-11,13H2,1-3H3,(H2,23,24,25)(H,26,27,28);1H. The molecule has 0 aliphatic rings. The minimum atomic E-state index is 0. The zero-order valence-electron chi connectivity index (χ0n) is 17.6. The largest absolute Gasteiger partial charge is 0.497 e. The number of methoxy groups -OCH3 is 2. The van der Waals surface area contributed by atoms with Crippen molar-refractivity contribution in [1.29, 1.82) is 0 Å². The fraction of sp³-hybridized carbons (Fsp3) is 0.286. The van der Waals surface area contributed by atoms with Crippen molar-refractivity contribution in [1.82, 2.24) is 25.8 Å². The molecule has 0 aliphatic carbocycles. The van der Waals surface area contributed by atoms with E-state index in [4.69, 9.17) is 21.1 Å². The average Bonchev–Trinajstić information content (AvgIpc) is 3.26. The van der Waals surface area contributed by atoms with Gasteiger partial charge >= 0.3 is 0 Å². The second-order valence-electron chi connectivity index (χ2n) is 6.39. The van der Waals surface area contributed by atoms with Crippen molar-refractivity contribution in [2.75, 3.05) is 27.8 Å². The Morgan fingerprint density at radius 1 is 1.06 bits per heavy atom. The van der Waals surface area contributed by atoms with Crippen LogP contribution in [-0.2, 0) is 13.0 Å². The van der Waals surface area contributed by atoms with Crippen molar-refractivity contribution in [3.8, 4) is 22.9 Å². The molecule has 0 amide bonds. The lowest BCUT2D eigenvalue weighted by Gasteiger charge is -2.11. The van der Waals surface area contributed by atoms with Crippen molar-refractivity contribution >= 4 is 41.5 Å². The highest BCUT2D eigenvalue weighted by molar-refractivity contribution is 14.0. The monoisotopic (exact) mass is 556 g/mol. The van der Waals surface area contributed by atoms with Gasteiger partial charge in [0.1, 0.15) is 17.3 Å². The van der Waals surface area contributed by atoms with Gasteiger partial charge < -0.3 is 20.1 Å². The van der Waals surface area contributed by atoms with E-state index < -0.39 is 0 Å². The number of hydrogen-bond acceptors (Lipinski definition) is 5. The smallest absolute Gasteiger partial charge is 0.191 e. The van der Waals surface area contributed by atoms with Gasteiger partial charge in [0, 0.05) is 24.2 Å². The topological polar surface area (TPSA) is 96.5 Å². The molecule has 0 bridgehead atoms. The summed E-state index contributed by atoms with van der Waals surface area (Å²) >= 11 is 6.29. The van der Waals surface area contributed by atoms with Crippen LogP contribution in [-0.4, -0.2) is 49.0 Å². The fourth-order valence-corrected chi connectivity index (χ4v) is 3.07. The van der Waals surface area contributed by atoms with Crippen LogP contribution in [0, 0.1) is 0 Å². The Morgan fingerprint density at radius 2 is 1.77 bits per heavy atom. The number of aromatic nitrogens is 3. The Kier molecular flexibility index (Phi) is 9.86. The van der Waals surface area contributed by atoms with Crippen molar-refractivity contribution in [3.05, 3.63) is 58.9 Å². The molecular weight excluding hydrogens is 531 g/mol. The van der Waals surface area contributed by atoms with E-state index in [1.807, 2.05) is 42.5 Å². The maximum Gasteiger partial charge on any atom is 0.191 e. The van der Waals surface area contributed by atoms with Crippen molar-refractivity contribution in [2.45, 2.75) is 13.0 Å². The molecule has 10 heteroatoms. The third-order valence-corrected chi connectivity index (χ3v) is 4.83. The van der Waals surface area contributed by atoms with Gasteiger partial charge in [0.05, 0.1) is 20.8 Å². The van der Waals surface area contributed by atoms with E-state index in [1.165, 1.54) is 0 Å². The minimum Gasteiger partial charge on any atom is -0.497 e. The minimum absolute atomic E-state index is 0. The Balaban J connectivity index is 0.00000341. The first-order valence-electron chi connectivity index (χ1n) is 9.45. The van der Waals surface area contributed by atoms with Crippen molar-refractivity contribution in [3.63, 3.8) is 0 Å². The molecule has 3 aromatic rings. The van der Waals surface area contributed by atoms with Gasteiger partial charge in [-0.3, -0.25) is 10.1 Å². The van der Waals surface area contributed by atoms with Crippen LogP contribution in [0.5, 0.6) is 11.5 Å². The number of halogens is 2. The highest BCUT2D eigenvalue weighted by Crippen LogP contribution is 2.22. The number of nitrogens with one attached hydrogen (secondary N) is 3. The molecule has 0 aliphatic heterocycles. The number of ether oxygens (including phenoxy) is 2. The number of hydrogen-bond donors (Lipinski definition) is 3. The zero-order valence-corrected chi connectivity index (χ0v) is 20.7. The molecule has 31 heavy (non-hydrogen) atoms. The van der Waals surface area contributed by atoms with Gasteiger partial charge in [-0.15, -0.1) is 24.0 Å². The Bertz CT molecular complexity index is 994. The lowest BCUT2D eigenvalue weighted by molar-refractivity contribution is 0.414. The SMILES string of the molecule is CN=C(NCCc1ccc(OC)cc1Cl)NCc1nc(-c2ccc(OC)cc2)n[nH]1.I. The Hall–Kier alpha value is -2.53. The molecule has 3 rings (SSSR count). The number of benzene rings is 2. The molecule has 0 unspecified atom stereocenters. The van der Waals surface area contributed by atoms with Gasteiger partial charge in [0.15, 0.2) is 11.8 Å². The second kappa shape index (κ2) is 12.4. The number of aromatic amines is 1. The number of rotatable bonds is 8. The van der Waals surface area contributed by atoms with E-state index in [0.29, 0.717) is 35.7 Å². The molecule has 0 radical (unpaired) electrons. The first kappa shape index (κ1) is 24.7. The van der Waals surface area contributed by atoms with Crippen LogP contribution in [0.2, 0.25) is 5.02 Å². The van der Waals surface area contributed by atoms with Crippen LogP contribution >= 0.6 is 35.6 Å². The third-order valence-electron chi connectivity index (χ3n) is 4.47. The summed E-state index contributed by atoms with van der Waals surface area (Å²) < 4.78 is 10.3. The predicted octanol–water partition coefficient (Wildman–Crippen LogP) is 3.67. The molecule has 3 N–H and O–H groups in total. The van der Waals surface area contributed by atoms with Crippen LogP contribution < -0.4 is 20.1 Å². The number of guanidine groups is 1. The van der Waals surface area contributed by atoms with Crippen LogP contribution in [0.25, 0.3) is 11.4 Å². The zero-order chi connectivity index (χ0) is 21.3. The van der Waals surface area contributed by atoms with Gasteiger partial charge in [-0.2, -0.15) is 5.10 Å². The first-order chi connectivity index (χ1) is 14.6. The van der Waals surface area contributed by atoms with E-state index in [-0.39, 0.29) is 24.0 Å². The van der Waals surface area contributed by atoms with E-state index in [1.54, 1.807) is 21.3 Å². The molecule has 0 saturated heterocycles. The van der Waals surface area contributed by atoms with Gasteiger partial charge in [-0.1, -0.05) is 17.7 Å². The number of aliphatic imine (C=N–C) groups is 1. The van der Waals surface area contributed by atoms with Crippen LogP contribution in [0.15, 0.2) is 47.5 Å². The molecule has 1 heterocycles. The summed E-state index contributed by atoms with van der Waals surface area (Å²) in [5.41, 5.74) is 1.96. The number of H-pyrrole nitrogens is 1. The maximum absolute atomic E-state index is 6.29. The highest BCUT2D eigenvalue weighted by atomic mass is 127. The lowest BCUT2D eigenvalue weighted by Crippen LogP contribution is -2.38. The van der Waals surface area contributed by atoms with Crippen molar-refractivity contribution < 1.29 is 9.47 Å². The maximum atomic E-state index is 6.29. The summed E-state index contributed by atoms with van der Waals surface area (Å²) in [5, 5.41) is 14.4. The summed E-state index contributed by atoms with van der Waals surface area (Å²) in [7, 11) is 4.98. The fourth-order valence-electron chi connectivity index (χ4n) is 2.80. The molecule has 0 fully saturated rings. The lowest BCUT2D eigenvalue weighted by atomic mass is 10.1. The molecule has 1 aromatic heterocycles. The van der Waals surface area contributed by atoms with E-state index in [0.717, 1.165) is 29.0 Å². The normalized spacial score (nSPS) is 10.9. The second-order valence-corrected chi connectivity index (χ2v) is 6.80. The number of nitrogens with zero attached hydrogens (tertiary/aromatic N) is 3. The average molecular weight is 557 g/mol. The third kappa shape index (κ3) is 7.00. The summed E-state index contributed by atoms with van der Waals surface area (Å²) in [5.74, 6) is 3.55. The van der Waals surface area contributed by atoms with Gasteiger partial charge in [0.2, 0.25) is 0 Å². The summed E-state index contributed by atoms with van der Waals surface area (Å²) in [6.45, 7) is 1.14. The van der Waals surface area contributed by atoms with E-state index in [9.17, 15) is 0 Å². The summed E-state index contributed by atoms with van der Waals surface area (Å²) in [6, 6.07) is 13.3. The molecular formula is C21H26ClIN6O2. The molecule has 166 valence electrons.